The van der Waals surface area contributed by atoms with Gasteiger partial charge in [-0.15, -0.1) is 0 Å². The molecule has 2 aromatic rings. The molecule has 0 saturated carbocycles. The minimum absolute atomic E-state index is 0.453. The zero-order valence-electron chi connectivity index (χ0n) is 17.6. The Kier molecular flexibility index (Phi) is 8.10. The highest BCUT2D eigenvalue weighted by Gasteiger charge is 2.17. The molecule has 0 bridgehead atoms. The van der Waals surface area contributed by atoms with Gasteiger partial charge in [-0.05, 0) is 43.3 Å². The molecule has 8 heteroatoms. The van der Waals surface area contributed by atoms with Crippen molar-refractivity contribution in [3.05, 3.63) is 48.0 Å². The zero-order valence-corrected chi connectivity index (χ0v) is 17.6. The van der Waals surface area contributed by atoms with Gasteiger partial charge in [0.15, 0.2) is 17.6 Å². The van der Waals surface area contributed by atoms with Crippen molar-refractivity contribution in [3.63, 3.8) is 0 Å². The lowest BCUT2D eigenvalue weighted by molar-refractivity contribution is -0.148. The maximum absolute atomic E-state index is 12.2. The van der Waals surface area contributed by atoms with E-state index in [9.17, 15) is 9.59 Å². The van der Waals surface area contributed by atoms with E-state index in [1.54, 1.807) is 43.5 Å². The van der Waals surface area contributed by atoms with Crippen LogP contribution in [-0.4, -0.2) is 46.4 Å². The number of rotatable bonds is 9. The number of carbonyl (C=O) groups is 2. The van der Waals surface area contributed by atoms with E-state index < -0.39 is 18.0 Å². The van der Waals surface area contributed by atoms with E-state index in [-0.39, 0.29) is 0 Å². The molecule has 30 heavy (non-hydrogen) atoms. The van der Waals surface area contributed by atoms with E-state index in [1.165, 1.54) is 40.4 Å². The molecule has 160 valence electrons. The molecule has 0 spiro atoms. The van der Waals surface area contributed by atoms with Crippen LogP contribution in [0.25, 0.3) is 6.08 Å². The number of hydrogen-bond acceptors (Lipinski definition) is 7. The van der Waals surface area contributed by atoms with Crippen LogP contribution >= 0.6 is 0 Å². The summed E-state index contributed by atoms with van der Waals surface area (Å²) in [7, 11) is 6.08. The first-order valence-corrected chi connectivity index (χ1v) is 9.05. The molecule has 0 unspecified atom stereocenters. The lowest BCUT2D eigenvalue weighted by Gasteiger charge is -2.13. The Balaban J connectivity index is 2.01. The molecule has 1 atom stereocenters. The fourth-order valence-corrected chi connectivity index (χ4v) is 2.53. The Morgan fingerprint density at radius 1 is 0.867 bits per heavy atom. The summed E-state index contributed by atoms with van der Waals surface area (Å²) in [5.41, 5.74) is 1.15. The van der Waals surface area contributed by atoms with Crippen LogP contribution in [0.4, 0.5) is 5.69 Å². The molecule has 0 aliphatic carbocycles. The highest BCUT2D eigenvalue weighted by Crippen LogP contribution is 2.35. The van der Waals surface area contributed by atoms with E-state index in [2.05, 4.69) is 5.32 Å². The molecule has 0 aromatic heterocycles. The molecule has 0 aliphatic heterocycles. The number of anilines is 1. The van der Waals surface area contributed by atoms with Crippen molar-refractivity contribution in [2.45, 2.75) is 13.0 Å². The predicted octanol–water partition coefficient (Wildman–Crippen LogP) is 3.30. The summed E-state index contributed by atoms with van der Waals surface area (Å²) in [6.07, 6.45) is 1.73. The molecule has 0 aliphatic rings. The first-order valence-electron chi connectivity index (χ1n) is 9.05. The van der Waals surface area contributed by atoms with Crippen molar-refractivity contribution >= 4 is 23.6 Å². The topological polar surface area (TPSA) is 92.3 Å². The van der Waals surface area contributed by atoms with Crippen molar-refractivity contribution in [3.8, 4) is 23.0 Å². The molecule has 2 rings (SSSR count). The van der Waals surface area contributed by atoms with Crippen LogP contribution in [0.3, 0.4) is 0 Å². The quantitative estimate of drug-likeness (QED) is 0.496. The van der Waals surface area contributed by atoms with Crippen LogP contribution in [0.15, 0.2) is 42.5 Å². The van der Waals surface area contributed by atoms with Crippen molar-refractivity contribution in [1.29, 1.82) is 0 Å². The van der Waals surface area contributed by atoms with Gasteiger partial charge < -0.3 is 29.0 Å². The van der Waals surface area contributed by atoms with Gasteiger partial charge in [0.25, 0.3) is 5.91 Å². The smallest absolute Gasteiger partial charge is 0.331 e. The van der Waals surface area contributed by atoms with Crippen molar-refractivity contribution in [2.75, 3.05) is 33.8 Å². The summed E-state index contributed by atoms with van der Waals surface area (Å²) in [5.74, 6) is 1.01. The van der Waals surface area contributed by atoms with Gasteiger partial charge in [0.05, 0.1) is 28.4 Å². The molecule has 0 radical (unpaired) electrons. The number of amides is 1. The lowest BCUT2D eigenvalue weighted by Crippen LogP contribution is -2.29. The monoisotopic (exact) mass is 415 g/mol. The maximum Gasteiger partial charge on any atom is 0.331 e. The van der Waals surface area contributed by atoms with Crippen molar-refractivity contribution in [1.82, 2.24) is 0 Å². The lowest BCUT2D eigenvalue weighted by atomic mass is 10.1. The standard InChI is InChI=1S/C22H25NO7/c1-14(22(25)23-16-7-9-17(26-2)10-8-16)30-21(24)11-6-15-12-19(28-4)20(29-5)13-18(15)27-3/h6-14H,1-5H3,(H,23,25)/b11-6+/t14-/m1/s1. The van der Waals surface area contributed by atoms with Gasteiger partial charge in [0.2, 0.25) is 0 Å². The normalized spacial score (nSPS) is 11.5. The number of hydrogen-bond donors (Lipinski definition) is 1. The molecular formula is C22H25NO7. The Bertz CT molecular complexity index is 906. The molecule has 0 saturated heterocycles. The van der Waals surface area contributed by atoms with Crippen molar-refractivity contribution < 1.29 is 33.3 Å². The van der Waals surface area contributed by atoms with E-state index in [0.717, 1.165) is 0 Å². The fourth-order valence-electron chi connectivity index (χ4n) is 2.53. The number of esters is 1. The SMILES string of the molecule is COc1ccc(NC(=O)[C@@H](C)OC(=O)/C=C/c2cc(OC)c(OC)cc2OC)cc1. The summed E-state index contributed by atoms with van der Waals surface area (Å²) < 4.78 is 26.0. The molecule has 0 fully saturated rings. The summed E-state index contributed by atoms with van der Waals surface area (Å²) in [6, 6.07) is 10.1. The Morgan fingerprint density at radius 2 is 1.47 bits per heavy atom. The molecular weight excluding hydrogens is 390 g/mol. The number of methoxy groups -OCH3 is 4. The third-order valence-corrected chi connectivity index (χ3v) is 4.15. The van der Waals surface area contributed by atoms with Crippen LogP contribution in [0, 0.1) is 0 Å². The molecule has 8 nitrogen and oxygen atoms in total. The summed E-state index contributed by atoms with van der Waals surface area (Å²) in [5, 5.41) is 2.67. The minimum atomic E-state index is -0.989. The summed E-state index contributed by atoms with van der Waals surface area (Å²) in [6.45, 7) is 1.49. The largest absolute Gasteiger partial charge is 0.497 e. The van der Waals surface area contributed by atoms with Gasteiger partial charge in [-0.25, -0.2) is 4.79 Å². The summed E-state index contributed by atoms with van der Waals surface area (Å²) in [4.78, 5) is 24.4. The van der Waals surface area contributed by atoms with Crippen molar-refractivity contribution in [2.24, 2.45) is 0 Å². The number of carbonyl (C=O) groups excluding carboxylic acids is 2. The summed E-state index contributed by atoms with van der Waals surface area (Å²) >= 11 is 0. The molecule has 2 aromatic carbocycles. The number of nitrogens with one attached hydrogen (secondary N) is 1. The van der Waals surface area contributed by atoms with Gasteiger partial charge in [0, 0.05) is 23.4 Å². The second-order valence-electron chi connectivity index (χ2n) is 6.08. The second-order valence-corrected chi connectivity index (χ2v) is 6.08. The van der Waals surface area contributed by atoms with Gasteiger partial charge in [-0.1, -0.05) is 0 Å². The fraction of sp³-hybridized carbons (Fsp3) is 0.273. The molecule has 0 heterocycles. The zero-order chi connectivity index (χ0) is 22.1. The average Bonchev–Trinajstić information content (AvgIpc) is 2.77. The number of benzene rings is 2. The van der Waals surface area contributed by atoms with E-state index in [0.29, 0.717) is 34.2 Å². The van der Waals surface area contributed by atoms with E-state index >= 15 is 0 Å². The van der Waals surface area contributed by atoms with Gasteiger partial charge in [0.1, 0.15) is 11.5 Å². The number of ether oxygens (including phenoxy) is 5. The minimum Gasteiger partial charge on any atom is -0.497 e. The highest BCUT2D eigenvalue weighted by molar-refractivity contribution is 5.96. The molecule has 1 N–H and O–H groups in total. The molecule has 1 amide bonds. The Hall–Kier alpha value is -3.68. The Labute approximate surface area is 175 Å². The maximum atomic E-state index is 12.2. The first-order chi connectivity index (χ1) is 14.4. The third-order valence-electron chi connectivity index (χ3n) is 4.15. The second kappa shape index (κ2) is 10.8. The van der Waals surface area contributed by atoms with E-state index in [4.69, 9.17) is 23.7 Å². The van der Waals surface area contributed by atoms with Crippen LogP contribution < -0.4 is 24.3 Å². The van der Waals surface area contributed by atoms with Gasteiger partial charge in [-0.2, -0.15) is 0 Å². The average molecular weight is 415 g/mol. The van der Waals surface area contributed by atoms with Crippen LogP contribution in [0.1, 0.15) is 12.5 Å². The van der Waals surface area contributed by atoms with E-state index in [1.807, 2.05) is 0 Å². The van der Waals surface area contributed by atoms with Crippen LogP contribution in [-0.2, 0) is 14.3 Å². The van der Waals surface area contributed by atoms with Gasteiger partial charge in [-0.3, -0.25) is 4.79 Å². The van der Waals surface area contributed by atoms with Gasteiger partial charge >= 0.3 is 5.97 Å². The third kappa shape index (κ3) is 5.91. The first kappa shape index (κ1) is 22.6. The predicted molar refractivity (Wildman–Crippen MR) is 112 cm³/mol. The van der Waals surface area contributed by atoms with Crippen LogP contribution in [0.5, 0.6) is 23.0 Å². The van der Waals surface area contributed by atoms with Crippen LogP contribution in [0.2, 0.25) is 0 Å². The Morgan fingerprint density at radius 3 is 2.03 bits per heavy atom. The highest BCUT2D eigenvalue weighted by atomic mass is 16.5.